The fourth-order valence-corrected chi connectivity index (χ4v) is 11.1. The maximum atomic E-state index is 13.9. The predicted octanol–water partition coefficient (Wildman–Crippen LogP) is 5.21. The van der Waals surface area contributed by atoms with Crippen molar-refractivity contribution in [3.05, 3.63) is 58.1 Å². The van der Waals surface area contributed by atoms with Crippen LogP contribution in [-0.4, -0.2) is 87.4 Å². The maximum Gasteiger partial charge on any atom is 0.262 e. The van der Waals surface area contributed by atoms with Crippen molar-refractivity contribution in [2.24, 2.45) is 17.8 Å². The third-order valence-electron chi connectivity index (χ3n) is 12.5. The van der Waals surface area contributed by atoms with Gasteiger partial charge in [0.05, 0.1) is 33.7 Å². The smallest absolute Gasteiger partial charge is 0.262 e. The SMILES string of the molecule is C=S1(=O)NC(=O)c2ccc3c(c2)N(C[C@@H]2CC[C@H]2[C@@](O)(CN2CC[C@@H](O)C2)CCC[C@H](C)[C@H]1C)C[C@@]1(CCCc2cc(Cl)ccc21)CO3. The van der Waals surface area contributed by atoms with E-state index in [0.717, 1.165) is 87.5 Å². The number of aryl methyl sites for hydroxylation is 1. The van der Waals surface area contributed by atoms with E-state index < -0.39 is 15.3 Å². The van der Waals surface area contributed by atoms with Gasteiger partial charge in [-0.05, 0) is 123 Å². The van der Waals surface area contributed by atoms with Crippen molar-refractivity contribution in [1.82, 2.24) is 9.62 Å². The molecule has 1 amide bonds. The second-order valence-corrected chi connectivity index (χ2v) is 18.6. The van der Waals surface area contributed by atoms with Crippen molar-refractivity contribution in [2.75, 3.05) is 44.2 Å². The lowest BCUT2D eigenvalue weighted by Gasteiger charge is -2.51. The summed E-state index contributed by atoms with van der Waals surface area (Å²) in [6.07, 6.45) is 7.60. The minimum absolute atomic E-state index is 0.0404. The van der Waals surface area contributed by atoms with Crippen molar-refractivity contribution >= 4 is 38.8 Å². The number of nitrogens with zero attached hydrogens (tertiary/aromatic N) is 2. The number of carbonyl (C=O) groups excluding carboxylic acids is 1. The van der Waals surface area contributed by atoms with Gasteiger partial charge in [-0.15, -0.1) is 0 Å². The molecule has 2 aromatic carbocycles. The molecular formula is C38H52ClN3O5S. The van der Waals surface area contributed by atoms with E-state index in [9.17, 15) is 19.2 Å². The molecule has 2 aliphatic carbocycles. The lowest BCUT2D eigenvalue weighted by molar-refractivity contribution is -0.104. The van der Waals surface area contributed by atoms with Gasteiger partial charge in [0.1, 0.15) is 5.75 Å². The summed E-state index contributed by atoms with van der Waals surface area (Å²) >= 11 is 6.47. The second kappa shape index (κ2) is 13.1. The van der Waals surface area contributed by atoms with Crippen LogP contribution in [-0.2, 0) is 21.5 Å². The van der Waals surface area contributed by atoms with Crippen molar-refractivity contribution in [3.63, 3.8) is 0 Å². The first-order valence-corrected chi connectivity index (χ1v) is 20.1. The number of ether oxygens (including phenoxy) is 1. The van der Waals surface area contributed by atoms with Crippen LogP contribution in [0.5, 0.6) is 5.75 Å². The van der Waals surface area contributed by atoms with Crippen LogP contribution >= 0.6 is 11.6 Å². The second-order valence-electron chi connectivity index (χ2n) is 15.7. The Kier molecular flexibility index (Phi) is 9.33. The van der Waals surface area contributed by atoms with E-state index in [4.69, 9.17) is 16.3 Å². The van der Waals surface area contributed by atoms with Crippen molar-refractivity contribution in [2.45, 2.75) is 94.0 Å². The number of carbonyl (C=O) groups is 1. The zero-order chi connectivity index (χ0) is 33.8. The van der Waals surface area contributed by atoms with Crippen molar-refractivity contribution in [1.29, 1.82) is 0 Å². The number of β-amino-alcohol motifs (C(OH)–C–C–N with tert-alkyl or cyclic N) is 2. The lowest BCUT2D eigenvalue weighted by Crippen LogP contribution is -2.56. The Morgan fingerprint density at radius 1 is 1.08 bits per heavy atom. The van der Waals surface area contributed by atoms with Gasteiger partial charge >= 0.3 is 0 Å². The number of hydrogen-bond acceptors (Lipinski definition) is 7. The Morgan fingerprint density at radius 3 is 2.67 bits per heavy atom. The van der Waals surface area contributed by atoms with E-state index in [1.807, 2.05) is 25.1 Å². The largest absolute Gasteiger partial charge is 0.490 e. The third-order valence-corrected chi connectivity index (χ3v) is 15.0. The molecule has 1 unspecified atom stereocenters. The summed E-state index contributed by atoms with van der Waals surface area (Å²) in [5, 5.41) is 23.4. The van der Waals surface area contributed by atoms with Crippen LogP contribution in [0.2, 0.25) is 5.02 Å². The number of aliphatic hydroxyl groups excluding tert-OH is 1. The maximum absolute atomic E-state index is 13.9. The summed E-state index contributed by atoms with van der Waals surface area (Å²) in [5.74, 6) is 4.79. The van der Waals surface area contributed by atoms with Gasteiger partial charge < -0.3 is 19.8 Å². The quantitative estimate of drug-likeness (QED) is 0.371. The summed E-state index contributed by atoms with van der Waals surface area (Å²) in [7, 11) is -2.95. The minimum atomic E-state index is -2.95. The Hall–Kier alpha value is -2.30. The fourth-order valence-electron chi connectivity index (χ4n) is 9.41. The fraction of sp³-hybridized carbons (Fsp3) is 0.632. The summed E-state index contributed by atoms with van der Waals surface area (Å²) in [4.78, 5) is 18.3. The van der Waals surface area contributed by atoms with E-state index >= 15 is 0 Å². The van der Waals surface area contributed by atoms with E-state index in [1.165, 1.54) is 11.1 Å². The Morgan fingerprint density at radius 2 is 1.92 bits per heavy atom. The molecule has 8 atom stereocenters. The Bertz CT molecular complexity index is 1650. The number of benzene rings is 2. The van der Waals surface area contributed by atoms with Crippen LogP contribution in [0.25, 0.3) is 0 Å². The number of halogens is 1. The number of amides is 1. The lowest BCUT2D eigenvalue weighted by atomic mass is 9.62. The van der Waals surface area contributed by atoms with E-state index in [-0.39, 0.29) is 40.4 Å². The number of hydrogen-bond donors (Lipinski definition) is 3. The average molecular weight is 698 g/mol. The molecule has 3 N–H and O–H groups in total. The predicted molar refractivity (Wildman–Crippen MR) is 194 cm³/mol. The van der Waals surface area contributed by atoms with Gasteiger partial charge in [-0.25, -0.2) is 4.21 Å². The van der Waals surface area contributed by atoms with Gasteiger partial charge in [0.15, 0.2) is 0 Å². The molecular weight excluding hydrogens is 646 g/mol. The minimum Gasteiger partial charge on any atom is -0.490 e. The normalized spacial score (nSPS) is 37.5. The molecule has 7 rings (SSSR count). The van der Waals surface area contributed by atoms with Gasteiger partial charge in [0.2, 0.25) is 0 Å². The highest BCUT2D eigenvalue weighted by molar-refractivity contribution is 7.99. The van der Waals surface area contributed by atoms with Gasteiger partial charge in [-0.1, -0.05) is 31.0 Å². The molecule has 10 heteroatoms. The van der Waals surface area contributed by atoms with Gasteiger partial charge in [0.25, 0.3) is 5.91 Å². The highest BCUT2D eigenvalue weighted by atomic mass is 35.5. The van der Waals surface area contributed by atoms with Gasteiger partial charge in [-0.2, -0.15) is 0 Å². The van der Waals surface area contributed by atoms with E-state index in [1.54, 1.807) is 6.07 Å². The Balaban J connectivity index is 1.29. The number of likely N-dealkylation sites (tertiary alicyclic amines) is 1. The third kappa shape index (κ3) is 6.50. The summed E-state index contributed by atoms with van der Waals surface area (Å²) in [6.45, 7) is 7.90. The zero-order valence-electron chi connectivity index (χ0n) is 28.5. The molecule has 1 saturated carbocycles. The first-order valence-electron chi connectivity index (χ1n) is 18.0. The first-order chi connectivity index (χ1) is 22.9. The van der Waals surface area contributed by atoms with E-state index in [0.29, 0.717) is 31.7 Å². The average Bonchev–Trinajstić information content (AvgIpc) is 3.36. The summed E-state index contributed by atoms with van der Waals surface area (Å²) in [6, 6.07) is 11.8. The number of rotatable bonds is 2. The van der Waals surface area contributed by atoms with Crippen LogP contribution in [0.1, 0.15) is 86.7 Å². The first kappa shape index (κ1) is 34.2. The number of anilines is 1. The van der Waals surface area contributed by atoms with Crippen LogP contribution < -0.4 is 14.4 Å². The monoisotopic (exact) mass is 697 g/mol. The van der Waals surface area contributed by atoms with Crippen LogP contribution in [0.15, 0.2) is 36.4 Å². The molecule has 0 radical (unpaired) electrons. The molecule has 3 heterocycles. The van der Waals surface area contributed by atoms with Gasteiger partial charge in [-0.3, -0.25) is 14.4 Å². The molecule has 5 aliphatic rings. The van der Waals surface area contributed by atoms with Crippen LogP contribution in [0.3, 0.4) is 0 Å². The number of fused-ring (bicyclic) bond motifs is 4. The molecule has 1 spiro atoms. The van der Waals surface area contributed by atoms with Gasteiger partial charge in [0, 0.05) is 54.0 Å². The molecule has 2 fully saturated rings. The molecule has 0 aromatic heterocycles. The molecule has 262 valence electrons. The number of nitrogens with one attached hydrogen (secondary N) is 1. The van der Waals surface area contributed by atoms with Crippen molar-refractivity contribution < 1.29 is 24.0 Å². The Labute approximate surface area is 291 Å². The van der Waals surface area contributed by atoms with E-state index in [2.05, 4.69) is 39.4 Å². The topological polar surface area (TPSA) is 102 Å². The van der Waals surface area contributed by atoms with Crippen molar-refractivity contribution in [3.8, 4) is 5.75 Å². The summed E-state index contributed by atoms with van der Waals surface area (Å²) in [5.41, 5.74) is 2.70. The standard InChI is InChI=1S/C38H52ClN3O5S/c1-25-6-4-16-38(45,23-41-17-14-31(43)21-41)33-11-8-29(33)20-42-22-37(15-5-7-27-18-30(39)10-12-32(27)37)24-47-35-13-9-28(19-34(35)42)36(44)40-48(3,46)26(25)2/h9-10,12-13,18-19,25-26,29,31,33,43,45H,3-8,11,14-17,20-24H2,1-2H3,(H,40,44,46)/t25-,26+,29-,31+,33+,37-,38-,48?/m0/s1. The van der Waals surface area contributed by atoms with Crippen LogP contribution in [0, 0.1) is 17.8 Å². The highest BCUT2D eigenvalue weighted by Crippen LogP contribution is 2.49. The van der Waals surface area contributed by atoms with Crippen LogP contribution in [0.4, 0.5) is 5.69 Å². The molecule has 2 bridgehead atoms. The molecule has 8 nitrogen and oxygen atoms in total. The molecule has 2 aromatic rings. The summed E-state index contributed by atoms with van der Waals surface area (Å²) < 4.78 is 23.4. The molecule has 1 saturated heterocycles. The molecule has 48 heavy (non-hydrogen) atoms. The highest BCUT2D eigenvalue weighted by Gasteiger charge is 2.49. The zero-order valence-corrected chi connectivity index (χ0v) is 30.0. The molecule has 3 aliphatic heterocycles. The number of aliphatic hydroxyl groups is 2.